The second-order valence-electron chi connectivity index (χ2n) is 6.10. The molecule has 2 rings (SSSR count). The fourth-order valence-corrected chi connectivity index (χ4v) is 2.99. The molecule has 6 heteroatoms. The lowest BCUT2D eigenvalue weighted by Crippen LogP contribution is -3.15. The van der Waals surface area contributed by atoms with E-state index in [0.717, 1.165) is 31.6 Å². The minimum atomic E-state index is -0.397. The zero-order valence-electron chi connectivity index (χ0n) is 13.5. The molecular formula is C16H25N2O4+. The number of ether oxygens (including phenoxy) is 2. The first-order chi connectivity index (χ1) is 10.5. The summed E-state index contributed by atoms with van der Waals surface area (Å²) in [5.41, 5.74) is 0.994. The highest BCUT2D eigenvalue weighted by Gasteiger charge is 2.25. The number of nitro benzene ring substituents is 1. The average molecular weight is 309 g/mol. The van der Waals surface area contributed by atoms with Gasteiger partial charge in [0.05, 0.1) is 18.1 Å². The molecular weight excluding hydrogens is 284 g/mol. The summed E-state index contributed by atoms with van der Waals surface area (Å²) >= 11 is 0. The Morgan fingerprint density at radius 3 is 2.68 bits per heavy atom. The molecule has 0 spiro atoms. The largest absolute Gasteiger partial charge is 0.487 e. The summed E-state index contributed by atoms with van der Waals surface area (Å²) in [6.45, 7) is 9.61. The van der Waals surface area contributed by atoms with Crippen LogP contribution in [0.2, 0.25) is 0 Å². The first kappa shape index (κ1) is 16.7. The van der Waals surface area contributed by atoms with Crippen molar-refractivity contribution in [3.8, 4) is 5.75 Å². The van der Waals surface area contributed by atoms with Gasteiger partial charge in [0.1, 0.15) is 25.3 Å². The van der Waals surface area contributed by atoms with Crippen molar-refractivity contribution in [1.82, 2.24) is 0 Å². The van der Waals surface area contributed by atoms with E-state index in [1.54, 1.807) is 12.1 Å². The van der Waals surface area contributed by atoms with Crippen LogP contribution >= 0.6 is 0 Å². The van der Waals surface area contributed by atoms with Gasteiger partial charge in [0.15, 0.2) is 5.75 Å². The van der Waals surface area contributed by atoms with E-state index in [1.165, 1.54) is 11.0 Å². The maximum atomic E-state index is 11.0. The third-order valence-electron chi connectivity index (χ3n) is 3.86. The molecule has 1 aromatic carbocycles. The number of nitrogens with zero attached hydrogens (tertiary/aromatic N) is 1. The number of aryl methyl sites for hydroxylation is 1. The Morgan fingerprint density at radius 1 is 1.36 bits per heavy atom. The molecule has 1 aromatic rings. The monoisotopic (exact) mass is 309 g/mol. The highest BCUT2D eigenvalue weighted by atomic mass is 16.6. The van der Waals surface area contributed by atoms with E-state index in [2.05, 4.69) is 13.8 Å². The molecule has 1 N–H and O–H groups in total. The molecule has 6 nitrogen and oxygen atoms in total. The maximum absolute atomic E-state index is 11.0. The van der Waals surface area contributed by atoms with Gasteiger partial charge in [-0.1, -0.05) is 6.07 Å². The van der Waals surface area contributed by atoms with Gasteiger partial charge in [0, 0.05) is 12.5 Å². The lowest BCUT2D eigenvalue weighted by atomic mass is 10.2. The Labute approximate surface area is 131 Å². The van der Waals surface area contributed by atoms with Gasteiger partial charge in [0.2, 0.25) is 0 Å². The molecule has 22 heavy (non-hydrogen) atoms. The number of hydrogen-bond acceptors (Lipinski definition) is 4. The van der Waals surface area contributed by atoms with Crippen LogP contribution in [0.25, 0.3) is 0 Å². The molecule has 3 atom stereocenters. The first-order valence-electron chi connectivity index (χ1n) is 7.82. The van der Waals surface area contributed by atoms with E-state index in [4.69, 9.17) is 9.47 Å². The number of benzene rings is 1. The number of nitro groups is 1. The van der Waals surface area contributed by atoms with Crippen molar-refractivity contribution < 1.29 is 19.3 Å². The van der Waals surface area contributed by atoms with Crippen LogP contribution in [-0.2, 0) is 4.74 Å². The van der Waals surface area contributed by atoms with Gasteiger partial charge in [-0.2, -0.15) is 0 Å². The molecule has 0 aliphatic carbocycles. The first-order valence-corrected chi connectivity index (χ1v) is 7.82. The summed E-state index contributed by atoms with van der Waals surface area (Å²) in [4.78, 5) is 12.1. The standard InChI is InChI=1S/C16H24N2O4/c1-12-5-6-15(18(19)20)16(9-12)21-8-4-7-17-10-13(2)22-14(3)11-17/h5-6,9,13-14H,4,7-8,10-11H2,1-3H3/p+1/t13-,14+. The van der Waals surface area contributed by atoms with E-state index >= 15 is 0 Å². The minimum Gasteiger partial charge on any atom is -0.487 e. The number of quaternary nitrogens is 1. The number of rotatable bonds is 6. The van der Waals surface area contributed by atoms with E-state index in [9.17, 15) is 10.1 Å². The predicted molar refractivity (Wildman–Crippen MR) is 83.5 cm³/mol. The van der Waals surface area contributed by atoms with Crippen LogP contribution < -0.4 is 9.64 Å². The summed E-state index contributed by atoms with van der Waals surface area (Å²) in [5.74, 6) is 0.365. The fraction of sp³-hybridized carbons (Fsp3) is 0.625. The van der Waals surface area contributed by atoms with Crippen LogP contribution in [0.4, 0.5) is 5.69 Å². The Hall–Kier alpha value is -1.66. The Morgan fingerprint density at radius 2 is 2.05 bits per heavy atom. The summed E-state index contributed by atoms with van der Waals surface area (Å²) < 4.78 is 11.4. The van der Waals surface area contributed by atoms with Crippen molar-refractivity contribution in [2.45, 2.75) is 39.4 Å². The highest BCUT2D eigenvalue weighted by Crippen LogP contribution is 2.27. The van der Waals surface area contributed by atoms with Crippen LogP contribution in [0.15, 0.2) is 18.2 Å². The van der Waals surface area contributed by atoms with Crippen LogP contribution in [0.3, 0.4) is 0 Å². The molecule has 0 saturated carbocycles. The van der Waals surface area contributed by atoms with Crippen molar-refractivity contribution >= 4 is 5.69 Å². The summed E-state index contributed by atoms with van der Waals surface area (Å²) in [5, 5.41) is 11.0. The average Bonchev–Trinajstić information content (AvgIpc) is 2.42. The number of nitrogens with one attached hydrogen (secondary N) is 1. The minimum absolute atomic E-state index is 0.0339. The molecule has 0 radical (unpaired) electrons. The third-order valence-corrected chi connectivity index (χ3v) is 3.86. The van der Waals surface area contributed by atoms with Gasteiger partial charge in [0.25, 0.3) is 0 Å². The zero-order chi connectivity index (χ0) is 16.1. The maximum Gasteiger partial charge on any atom is 0.310 e. The number of hydrogen-bond donors (Lipinski definition) is 1. The molecule has 1 saturated heterocycles. The molecule has 122 valence electrons. The van der Waals surface area contributed by atoms with Gasteiger partial charge >= 0.3 is 5.69 Å². The molecule has 0 bridgehead atoms. The van der Waals surface area contributed by atoms with Crippen molar-refractivity contribution in [1.29, 1.82) is 0 Å². The summed E-state index contributed by atoms with van der Waals surface area (Å²) in [6, 6.07) is 4.96. The van der Waals surface area contributed by atoms with E-state index in [-0.39, 0.29) is 17.9 Å². The molecule has 1 heterocycles. The van der Waals surface area contributed by atoms with E-state index < -0.39 is 4.92 Å². The van der Waals surface area contributed by atoms with Gasteiger partial charge < -0.3 is 14.4 Å². The van der Waals surface area contributed by atoms with Crippen LogP contribution in [0.1, 0.15) is 25.8 Å². The number of morpholine rings is 1. The van der Waals surface area contributed by atoms with Crippen LogP contribution in [-0.4, -0.2) is 43.4 Å². The smallest absolute Gasteiger partial charge is 0.310 e. The lowest BCUT2D eigenvalue weighted by Gasteiger charge is -2.32. The Bertz CT molecular complexity index is 511. The van der Waals surface area contributed by atoms with Gasteiger partial charge in [-0.25, -0.2) is 0 Å². The molecule has 1 unspecified atom stereocenters. The fourth-order valence-electron chi connectivity index (χ4n) is 2.99. The zero-order valence-corrected chi connectivity index (χ0v) is 13.5. The normalized spacial score (nSPS) is 25.0. The van der Waals surface area contributed by atoms with E-state index in [0.29, 0.717) is 12.4 Å². The SMILES string of the molecule is Cc1ccc([N+](=O)[O-])c(OCCC[NH+]2C[C@@H](C)O[C@@H](C)C2)c1. The van der Waals surface area contributed by atoms with Gasteiger partial charge in [-0.3, -0.25) is 10.1 Å². The predicted octanol–water partition coefficient (Wildman–Crippen LogP) is 1.36. The summed E-state index contributed by atoms with van der Waals surface area (Å²) in [6.07, 6.45) is 1.45. The Kier molecular flexibility index (Phi) is 5.74. The second kappa shape index (κ2) is 7.56. The third kappa shape index (κ3) is 4.68. The molecule has 1 aliphatic rings. The topological polar surface area (TPSA) is 66.0 Å². The van der Waals surface area contributed by atoms with Crippen molar-refractivity contribution in [2.75, 3.05) is 26.2 Å². The van der Waals surface area contributed by atoms with Crippen molar-refractivity contribution in [3.05, 3.63) is 33.9 Å². The molecule has 1 fully saturated rings. The Balaban J connectivity index is 1.81. The quantitative estimate of drug-likeness (QED) is 0.489. The summed E-state index contributed by atoms with van der Waals surface area (Å²) in [7, 11) is 0. The van der Waals surface area contributed by atoms with Gasteiger partial charge in [-0.15, -0.1) is 0 Å². The highest BCUT2D eigenvalue weighted by molar-refractivity contribution is 5.48. The second-order valence-corrected chi connectivity index (χ2v) is 6.10. The lowest BCUT2D eigenvalue weighted by molar-refractivity contribution is -0.915. The molecule has 1 aliphatic heterocycles. The van der Waals surface area contributed by atoms with Crippen LogP contribution in [0.5, 0.6) is 5.75 Å². The molecule has 0 aromatic heterocycles. The molecule has 0 amide bonds. The van der Waals surface area contributed by atoms with Crippen LogP contribution in [0, 0.1) is 17.0 Å². The van der Waals surface area contributed by atoms with Crippen molar-refractivity contribution in [3.63, 3.8) is 0 Å². The van der Waals surface area contributed by atoms with E-state index in [1.807, 2.05) is 6.92 Å². The van der Waals surface area contributed by atoms with Gasteiger partial charge in [-0.05, 0) is 32.4 Å². The van der Waals surface area contributed by atoms with Crippen molar-refractivity contribution in [2.24, 2.45) is 0 Å².